The van der Waals surface area contributed by atoms with E-state index in [1.807, 2.05) is 24.4 Å². The highest BCUT2D eigenvalue weighted by Gasteiger charge is 2.19. The second kappa shape index (κ2) is 7.44. The Bertz CT molecular complexity index is 788. The SMILES string of the molecule is CC(N)Cc1[nH]c2nc(Cl)nc(NCc3cccs3)c2c1F.Cl. The first-order valence-electron chi connectivity index (χ1n) is 6.80. The fourth-order valence-electron chi connectivity index (χ4n) is 2.26. The first-order valence-corrected chi connectivity index (χ1v) is 8.05. The summed E-state index contributed by atoms with van der Waals surface area (Å²) in [6.45, 7) is 2.37. The van der Waals surface area contributed by atoms with Crippen LogP contribution in [0.4, 0.5) is 10.2 Å². The van der Waals surface area contributed by atoms with Crippen LogP contribution in [-0.2, 0) is 13.0 Å². The Morgan fingerprint density at radius 2 is 2.26 bits per heavy atom. The summed E-state index contributed by atoms with van der Waals surface area (Å²) in [4.78, 5) is 12.2. The number of aromatic nitrogens is 3. The van der Waals surface area contributed by atoms with E-state index in [1.165, 1.54) is 0 Å². The van der Waals surface area contributed by atoms with E-state index in [0.717, 1.165) is 4.88 Å². The number of H-pyrrole nitrogens is 1. The molecule has 9 heteroatoms. The molecule has 0 spiro atoms. The summed E-state index contributed by atoms with van der Waals surface area (Å²) in [5.74, 6) is 0.00530. The van der Waals surface area contributed by atoms with E-state index >= 15 is 0 Å². The van der Waals surface area contributed by atoms with Crippen molar-refractivity contribution < 1.29 is 4.39 Å². The van der Waals surface area contributed by atoms with E-state index in [-0.39, 0.29) is 29.5 Å². The van der Waals surface area contributed by atoms with Gasteiger partial charge in [-0.25, -0.2) is 4.39 Å². The van der Waals surface area contributed by atoms with Crippen molar-refractivity contribution in [2.45, 2.75) is 25.9 Å². The molecule has 3 heterocycles. The first kappa shape index (κ1) is 17.9. The van der Waals surface area contributed by atoms with Crippen LogP contribution >= 0.6 is 35.3 Å². The summed E-state index contributed by atoms with van der Waals surface area (Å²) in [6.07, 6.45) is 0.393. The lowest BCUT2D eigenvalue weighted by Gasteiger charge is -2.06. The van der Waals surface area contributed by atoms with Crippen LogP contribution in [0.25, 0.3) is 11.0 Å². The maximum absolute atomic E-state index is 14.6. The van der Waals surface area contributed by atoms with Crippen molar-refractivity contribution in [3.63, 3.8) is 0 Å². The van der Waals surface area contributed by atoms with Crippen LogP contribution < -0.4 is 11.1 Å². The van der Waals surface area contributed by atoms with Gasteiger partial charge in [0.2, 0.25) is 5.28 Å². The number of thiophene rings is 1. The Kier molecular flexibility index (Phi) is 5.80. The van der Waals surface area contributed by atoms with Gasteiger partial charge in [-0.15, -0.1) is 23.7 Å². The standard InChI is InChI=1S/C14H15ClFN5S.ClH/c1-7(17)5-9-11(16)10-12(18-6-8-3-2-4-22-8)20-14(15)21-13(10)19-9;/h2-4,7H,5-6,17H2,1H3,(H2,18,19,20,21);1H. The lowest BCUT2D eigenvalue weighted by Crippen LogP contribution is -2.18. The molecule has 3 rings (SSSR count). The summed E-state index contributed by atoms with van der Waals surface area (Å²) >= 11 is 7.54. The van der Waals surface area contributed by atoms with Crippen LogP contribution in [0.5, 0.6) is 0 Å². The first-order chi connectivity index (χ1) is 10.5. The van der Waals surface area contributed by atoms with E-state index in [1.54, 1.807) is 11.3 Å². The molecule has 4 N–H and O–H groups in total. The third-order valence-electron chi connectivity index (χ3n) is 3.17. The predicted octanol–water partition coefficient (Wildman–Crippen LogP) is 3.74. The van der Waals surface area contributed by atoms with E-state index < -0.39 is 0 Å². The molecule has 0 saturated heterocycles. The molecule has 0 amide bonds. The molecule has 3 aromatic rings. The molecule has 3 aromatic heterocycles. The van der Waals surface area contributed by atoms with Crippen molar-refractivity contribution in [3.05, 3.63) is 39.2 Å². The molecular formula is C14H16Cl2FN5S. The summed E-state index contributed by atoms with van der Waals surface area (Å²) in [6, 6.07) is 3.79. The Morgan fingerprint density at radius 3 is 2.91 bits per heavy atom. The minimum Gasteiger partial charge on any atom is -0.364 e. The Balaban J connectivity index is 0.00000192. The average Bonchev–Trinajstić information content (AvgIpc) is 3.05. The van der Waals surface area contributed by atoms with Gasteiger partial charge < -0.3 is 16.0 Å². The minimum atomic E-state index is -0.377. The van der Waals surface area contributed by atoms with Crippen LogP contribution in [0.15, 0.2) is 17.5 Å². The molecule has 23 heavy (non-hydrogen) atoms. The normalized spacial score (nSPS) is 12.2. The Morgan fingerprint density at radius 1 is 1.48 bits per heavy atom. The van der Waals surface area contributed by atoms with Gasteiger partial charge in [0.05, 0.1) is 17.6 Å². The van der Waals surface area contributed by atoms with Gasteiger partial charge in [-0.05, 0) is 30.0 Å². The number of fused-ring (bicyclic) bond motifs is 1. The van der Waals surface area contributed by atoms with Gasteiger partial charge >= 0.3 is 0 Å². The van der Waals surface area contributed by atoms with E-state index in [2.05, 4.69) is 20.3 Å². The third kappa shape index (κ3) is 3.92. The molecule has 0 aromatic carbocycles. The van der Waals surface area contributed by atoms with Gasteiger partial charge in [-0.3, -0.25) is 0 Å². The highest BCUT2D eigenvalue weighted by atomic mass is 35.5. The molecule has 0 fully saturated rings. The molecule has 0 saturated carbocycles. The largest absolute Gasteiger partial charge is 0.364 e. The number of hydrogen-bond acceptors (Lipinski definition) is 5. The smallest absolute Gasteiger partial charge is 0.226 e. The maximum atomic E-state index is 14.6. The van der Waals surface area contributed by atoms with Crippen LogP contribution in [0, 0.1) is 5.82 Å². The molecule has 0 aliphatic rings. The van der Waals surface area contributed by atoms with Gasteiger partial charge in [0, 0.05) is 17.3 Å². The van der Waals surface area contributed by atoms with Crippen molar-refractivity contribution in [1.29, 1.82) is 0 Å². The summed E-state index contributed by atoms with van der Waals surface area (Å²) in [5.41, 5.74) is 6.54. The van der Waals surface area contributed by atoms with Crippen LogP contribution in [-0.4, -0.2) is 21.0 Å². The third-order valence-corrected chi connectivity index (χ3v) is 4.22. The molecule has 0 bridgehead atoms. The van der Waals surface area contributed by atoms with Crippen molar-refractivity contribution in [3.8, 4) is 0 Å². The highest BCUT2D eigenvalue weighted by molar-refractivity contribution is 7.09. The molecule has 0 radical (unpaired) electrons. The fourth-order valence-corrected chi connectivity index (χ4v) is 3.07. The van der Waals surface area contributed by atoms with Crippen molar-refractivity contribution in [2.24, 2.45) is 5.73 Å². The fraction of sp³-hybridized carbons (Fsp3) is 0.286. The van der Waals surface area contributed by atoms with Gasteiger partial charge in [-0.1, -0.05) is 6.07 Å². The Labute approximate surface area is 147 Å². The number of hydrogen-bond donors (Lipinski definition) is 3. The summed E-state index contributed by atoms with van der Waals surface area (Å²) in [5, 5.41) is 5.49. The van der Waals surface area contributed by atoms with E-state index in [0.29, 0.717) is 35.5 Å². The molecule has 0 aliphatic carbocycles. The number of nitrogens with one attached hydrogen (secondary N) is 2. The van der Waals surface area contributed by atoms with E-state index in [9.17, 15) is 4.39 Å². The van der Waals surface area contributed by atoms with Crippen LogP contribution in [0.1, 0.15) is 17.5 Å². The number of nitrogens with zero attached hydrogens (tertiary/aromatic N) is 2. The summed E-state index contributed by atoms with van der Waals surface area (Å²) in [7, 11) is 0. The van der Waals surface area contributed by atoms with Gasteiger partial charge in [-0.2, -0.15) is 9.97 Å². The van der Waals surface area contributed by atoms with Gasteiger partial charge in [0.1, 0.15) is 11.5 Å². The number of rotatable bonds is 5. The Hall–Kier alpha value is -1.41. The second-order valence-corrected chi connectivity index (χ2v) is 6.47. The number of aromatic amines is 1. The lowest BCUT2D eigenvalue weighted by atomic mass is 10.2. The van der Waals surface area contributed by atoms with Crippen molar-refractivity contribution >= 4 is 52.2 Å². The molecule has 1 unspecified atom stereocenters. The van der Waals surface area contributed by atoms with E-state index in [4.69, 9.17) is 17.3 Å². The highest BCUT2D eigenvalue weighted by Crippen LogP contribution is 2.28. The predicted molar refractivity (Wildman–Crippen MR) is 95.1 cm³/mol. The zero-order chi connectivity index (χ0) is 15.7. The van der Waals surface area contributed by atoms with Crippen molar-refractivity contribution in [1.82, 2.24) is 15.0 Å². The quantitative estimate of drug-likeness (QED) is 0.593. The summed E-state index contributed by atoms with van der Waals surface area (Å²) < 4.78 is 14.6. The van der Waals surface area contributed by atoms with Crippen LogP contribution in [0.2, 0.25) is 5.28 Å². The van der Waals surface area contributed by atoms with Crippen LogP contribution in [0.3, 0.4) is 0 Å². The zero-order valence-electron chi connectivity index (χ0n) is 12.3. The lowest BCUT2D eigenvalue weighted by molar-refractivity contribution is 0.602. The van der Waals surface area contributed by atoms with Crippen molar-refractivity contribution in [2.75, 3.05) is 5.32 Å². The molecule has 0 aliphatic heterocycles. The monoisotopic (exact) mass is 375 g/mol. The number of anilines is 1. The number of halogens is 3. The second-order valence-electron chi connectivity index (χ2n) is 5.10. The maximum Gasteiger partial charge on any atom is 0.226 e. The molecular weight excluding hydrogens is 360 g/mol. The average molecular weight is 376 g/mol. The topological polar surface area (TPSA) is 79.6 Å². The minimum absolute atomic E-state index is 0. The molecule has 5 nitrogen and oxygen atoms in total. The van der Waals surface area contributed by atoms with Gasteiger partial charge in [0.25, 0.3) is 0 Å². The number of nitrogens with two attached hydrogens (primary N) is 1. The molecule has 1 atom stereocenters. The zero-order valence-corrected chi connectivity index (χ0v) is 14.7. The van der Waals surface area contributed by atoms with Gasteiger partial charge in [0.15, 0.2) is 5.82 Å². The molecule has 124 valence electrons.